The van der Waals surface area contributed by atoms with Crippen LogP contribution in [0.2, 0.25) is 10.0 Å². The molecule has 1 fully saturated rings. The molecule has 0 atom stereocenters. The monoisotopic (exact) mass is 425 g/mol. The first-order valence-corrected chi connectivity index (χ1v) is 11.2. The molecule has 4 nitrogen and oxygen atoms in total. The summed E-state index contributed by atoms with van der Waals surface area (Å²) in [5.41, 5.74) is 4.65. The van der Waals surface area contributed by atoms with Crippen molar-refractivity contribution in [1.82, 2.24) is 15.4 Å². The Hall–Kier alpha value is -1.14. The molecule has 1 saturated heterocycles. The number of unbranched alkanes of at least 4 members (excludes halogenated alkanes) is 2. The minimum Gasteiger partial charge on any atom is -0.283 e. The fraction of sp³-hybridized carbons (Fsp3) is 0.500. The van der Waals surface area contributed by atoms with Crippen LogP contribution < -0.4 is 5.43 Å². The summed E-state index contributed by atoms with van der Waals surface area (Å²) >= 11 is 13.9. The number of aromatic nitrogens is 1. The molecule has 0 radical (unpaired) electrons. The Balaban J connectivity index is 1.85. The van der Waals surface area contributed by atoms with Crippen molar-refractivity contribution in [2.24, 2.45) is 0 Å². The van der Waals surface area contributed by atoms with E-state index in [0.29, 0.717) is 15.1 Å². The summed E-state index contributed by atoms with van der Waals surface area (Å²) in [6, 6.07) is 5.42. The quantitative estimate of drug-likeness (QED) is 0.554. The topological polar surface area (TPSA) is 45.2 Å². The molecule has 2 heterocycles. The standard InChI is InChI=1S/C20H25Cl2N3OS/c1-2-3-5-8-17-18(15-10-9-14(21)13-16(15)22)23-20(27-17)19(26)24-25-11-6-4-7-12-25/h9-10,13H,2-8,11-12H2,1H3,(H,24,26). The summed E-state index contributed by atoms with van der Waals surface area (Å²) in [5, 5.41) is 3.65. The van der Waals surface area contributed by atoms with E-state index in [2.05, 4.69) is 17.3 Å². The van der Waals surface area contributed by atoms with E-state index in [1.54, 1.807) is 6.07 Å². The van der Waals surface area contributed by atoms with Crippen molar-refractivity contribution in [3.8, 4) is 11.3 Å². The van der Waals surface area contributed by atoms with Crippen LogP contribution in [0.5, 0.6) is 0 Å². The van der Waals surface area contributed by atoms with E-state index in [4.69, 9.17) is 23.2 Å². The zero-order valence-electron chi connectivity index (χ0n) is 15.6. The van der Waals surface area contributed by atoms with Gasteiger partial charge in [-0.3, -0.25) is 10.2 Å². The molecular formula is C20H25Cl2N3OS. The van der Waals surface area contributed by atoms with Crippen molar-refractivity contribution in [3.05, 3.63) is 38.1 Å². The minimum atomic E-state index is -0.130. The number of nitrogens with one attached hydrogen (secondary N) is 1. The molecule has 0 bridgehead atoms. The highest BCUT2D eigenvalue weighted by molar-refractivity contribution is 7.14. The van der Waals surface area contributed by atoms with Crippen molar-refractivity contribution in [1.29, 1.82) is 0 Å². The molecule has 1 aliphatic heterocycles. The van der Waals surface area contributed by atoms with E-state index in [1.165, 1.54) is 17.8 Å². The SMILES string of the molecule is CCCCCc1sc(C(=O)NN2CCCCC2)nc1-c1ccc(Cl)cc1Cl. The maximum Gasteiger partial charge on any atom is 0.294 e. The second-order valence-electron chi connectivity index (χ2n) is 6.86. The van der Waals surface area contributed by atoms with Gasteiger partial charge in [-0.2, -0.15) is 0 Å². The predicted molar refractivity (Wildman–Crippen MR) is 114 cm³/mol. The summed E-state index contributed by atoms with van der Waals surface area (Å²) in [7, 11) is 0. The van der Waals surface area contributed by atoms with Crippen LogP contribution in [0.15, 0.2) is 18.2 Å². The van der Waals surface area contributed by atoms with Crippen molar-refractivity contribution in [3.63, 3.8) is 0 Å². The van der Waals surface area contributed by atoms with Crippen LogP contribution in [0.4, 0.5) is 0 Å². The average Bonchev–Trinajstić information content (AvgIpc) is 3.07. The highest BCUT2D eigenvalue weighted by Gasteiger charge is 2.21. The Bertz CT molecular complexity index is 788. The van der Waals surface area contributed by atoms with E-state index in [-0.39, 0.29) is 5.91 Å². The molecule has 0 aliphatic carbocycles. The zero-order chi connectivity index (χ0) is 19.2. The smallest absolute Gasteiger partial charge is 0.283 e. The van der Waals surface area contributed by atoms with Gasteiger partial charge in [0.15, 0.2) is 5.01 Å². The van der Waals surface area contributed by atoms with Gasteiger partial charge in [0.25, 0.3) is 5.91 Å². The third-order valence-corrected chi connectivity index (χ3v) is 6.36. The number of benzene rings is 1. The molecule has 2 aromatic rings. The van der Waals surface area contributed by atoms with Gasteiger partial charge in [0, 0.05) is 28.6 Å². The van der Waals surface area contributed by atoms with Crippen molar-refractivity contribution >= 4 is 40.4 Å². The molecule has 1 N–H and O–H groups in total. The molecule has 1 amide bonds. The van der Waals surface area contributed by atoms with Crippen molar-refractivity contribution in [2.75, 3.05) is 13.1 Å². The number of carbonyl (C=O) groups is 1. The van der Waals surface area contributed by atoms with Crippen LogP contribution in [0.1, 0.15) is 60.1 Å². The summed E-state index contributed by atoms with van der Waals surface area (Å²) in [6.07, 6.45) is 7.74. The number of carbonyl (C=O) groups excluding carboxylic acids is 1. The Morgan fingerprint density at radius 2 is 2.00 bits per heavy atom. The Morgan fingerprint density at radius 1 is 1.22 bits per heavy atom. The normalized spacial score (nSPS) is 15.1. The third-order valence-electron chi connectivity index (χ3n) is 4.70. The van der Waals surface area contributed by atoms with Gasteiger partial charge in [-0.1, -0.05) is 49.4 Å². The fourth-order valence-corrected chi connectivity index (χ4v) is 4.75. The van der Waals surface area contributed by atoms with Gasteiger partial charge in [-0.15, -0.1) is 11.3 Å². The maximum atomic E-state index is 12.7. The number of halogens is 2. The molecule has 27 heavy (non-hydrogen) atoms. The lowest BCUT2D eigenvalue weighted by Gasteiger charge is -2.26. The van der Waals surface area contributed by atoms with Gasteiger partial charge < -0.3 is 0 Å². The van der Waals surface area contributed by atoms with Crippen LogP contribution in [-0.4, -0.2) is 29.0 Å². The summed E-state index contributed by atoms with van der Waals surface area (Å²) in [4.78, 5) is 18.5. The lowest BCUT2D eigenvalue weighted by molar-refractivity contribution is 0.0750. The predicted octanol–water partition coefficient (Wildman–Crippen LogP) is 5.98. The van der Waals surface area contributed by atoms with Crippen molar-refractivity contribution < 1.29 is 4.79 Å². The summed E-state index contributed by atoms with van der Waals surface area (Å²) in [6.45, 7) is 3.98. The molecule has 0 saturated carbocycles. The average molecular weight is 426 g/mol. The van der Waals surface area contributed by atoms with Gasteiger partial charge >= 0.3 is 0 Å². The molecule has 1 aromatic heterocycles. The number of piperidine rings is 1. The lowest BCUT2D eigenvalue weighted by atomic mass is 10.1. The summed E-state index contributed by atoms with van der Waals surface area (Å²) in [5.74, 6) is -0.130. The third kappa shape index (κ3) is 5.44. The number of nitrogens with zero attached hydrogens (tertiary/aromatic N) is 2. The number of thiazole rings is 1. The molecule has 146 valence electrons. The highest BCUT2D eigenvalue weighted by atomic mass is 35.5. The largest absolute Gasteiger partial charge is 0.294 e. The molecule has 3 rings (SSSR count). The first kappa shape index (κ1) is 20.6. The highest BCUT2D eigenvalue weighted by Crippen LogP contribution is 2.35. The Morgan fingerprint density at radius 3 is 2.70 bits per heavy atom. The van der Waals surface area contributed by atoms with E-state index < -0.39 is 0 Å². The Labute approximate surface area is 174 Å². The van der Waals surface area contributed by atoms with E-state index >= 15 is 0 Å². The van der Waals surface area contributed by atoms with Gasteiger partial charge in [0.05, 0.1) is 10.7 Å². The second-order valence-corrected chi connectivity index (χ2v) is 8.79. The van der Waals surface area contributed by atoms with Crippen LogP contribution in [0, 0.1) is 0 Å². The number of hydrogen-bond donors (Lipinski definition) is 1. The van der Waals surface area contributed by atoms with Gasteiger partial charge in [0.2, 0.25) is 0 Å². The molecule has 1 aromatic carbocycles. The maximum absolute atomic E-state index is 12.7. The van der Waals surface area contributed by atoms with E-state index in [1.807, 2.05) is 17.1 Å². The van der Waals surface area contributed by atoms with Crippen LogP contribution >= 0.6 is 34.5 Å². The molecule has 1 aliphatic rings. The first-order chi connectivity index (χ1) is 13.1. The molecule has 0 unspecified atom stereocenters. The first-order valence-electron chi connectivity index (χ1n) is 9.59. The number of hydrogen-bond acceptors (Lipinski definition) is 4. The minimum absolute atomic E-state index is 0.130. The second kappa shape index (κ2) is 9.87. The number of rotatable bonds is 7. The molecular weight excluding hydrogens is 401 g/mol. The zero-order valence-corrected chi connectivity index (χ0v) is 17.9. The number of amides is 1. The van der Waals surface area contributed by atoms with E-state index in [0.717, 1.165) is 67.7 Å². The van der Waals surface area contributed by atoms with Crippen molar-refractivity contribution in [2.45, 2.75) is 51.9 Å². The van der Waals surface area contributed by atoms with Gasteiger partial charge in [0.1, 0.15) is 0 Å². The Kier molecular flexibility index (Phi) is 7.53. The lowest BCUT2D eigenvalue weighted by Crippen LogP contribution is -2.45. The van der Waals surface area contributed by atoms with Crippen LogP contribution in [0.3, 0.4) is 0 Å². The summed E-state index contributed by atoms with van der Waals surface area (Å²) < 4.78 is 0. The van der Waals surface area contributed by atoms with E-state index in [9.17, 15) is 4.79 Å². The number of aryl methyl sites for hydroxylation is 1. The van der Waals surface area contributed by atoms with Gasteiger partial charge in [-0.25, -0.2) is 9.99 Å². The van der Waals surface area contributed by atoms with Gasteiger partial charge in [-0.05, 0) is 43.9 Å². The van der Waals surface area contributed by atoms with Crippen LogP contribution in [0.25, 0.3) is 11.3 Å². The molecule has 0 spiro atoms. The fourth-order valence-electron chi connectivity index (χ4n) is 3.24. The number of hydrazine groups is 1. The molecule has 7 heteroatoms. The van der Waals surface area contributed by atoms with Crippen LogP contribution in [-0.2, 0) is 6.42 Å².